The highest BCUT2D eigenvalue weighted by molar-refractivity contribution is 5.78. The van der Waals surface area contributed by atoms with Crippen molar-refractivity contribution in [1.82, 2.24) is 0 Å². The molecular weight excluding hydrogens is 267 g/mol. The summed E-state index contributed by atoms with van der Waals surface area (Å²) in [5, 5.41) is 11.3. The van der Waals surface area contributed by atoms with Gasteiger partial charge in [0.2, 0.25) is 0 Å². The van der Waals surface area contributed by atoms with E-state index in [0.29, 0.717) is 12.2 Å². The average Bonchev–Trinajstić information content (AvgIpc) is 2.86. The smallest absolute Gasteiger partial charge is 0.134 e. The molecule has 0 radical (unpaired) electrons. The minimum atomic E-state index is -0.779. The summed E-state index contributed by atoms with van der Waals surface area (Å²) in [5.41, 5.74) is 3.65. The van der Waals surface area contributed by atoms with E-state index >= 15 is 0 Å². The summed E-state index contributed by atoms with van der Waals surface area (Å²) in [6.07, 6.45) is -0.444. The maximum atomic E-state index is 13.3. The molecule has 1 unspecified atom stereocenters. The third kappa shape index (κ3) is 2.83. The average molecular weight is 284 g/mol. The van der Waals surface area contributed by atoms with Crippen LogP contribution in [-0.4, -0.2) is 5.11 Å². The monoisotopic (exact) mass is 284 g/mol. The number of hydrogen-bond donors (Lipinski definition) is 1. The zero-order valence-electron chi connectivity index (χ0n) is 12.1. The number of aryl methyl sites for hydroxylation is 2. The van der Waals surface area contributed by atoms with Crippen LogP contribution >= 0.6 is 0 Å². The zero-order valence-corrected chi connectivity index (χ0v) is 12.1. The maximum Gasteiger partial charge on any atom is 0.134 e. The van der Waals surface area contributed by atoms with Crippen molar-refractivity contribution in [3.63, 3.8) is 0 Å². The summed E-state index contributed by atoms with van der Waals surface area (Å²) >= 11 is 0. The van der Waals surface area contributed by atoms with Crippen LogP contribution in [0.1, 0.15) is 28.6 Å². The fourth-order valence-electron chi connectivity index (χ4n) is 2.52. The van der Waals surface area contributed by atoms with E-state index in [-0.39, 0.29) is 5.82 Å². The van der Waals surface area contributed by atoms with Crippen molar-refractivity contribution in [1.29, 1.82) is 0 Å². The highest BCUT2D eigenvalue weighted by Crippen LogP contribution is 2.27. The molecule has 3 aromatic rings. The molecule has 0 aliphatic rings. The van der Waals surface area contributed by atoms with Crippen molar-refractivity contribution in [2.75, 3.05) is 0 Å². The Kier molecular flexibility index (Phi) is 3.52. The van der Waals surface area contributed by atoms with Crippen LogP contribution in [0.5, 0.6) is 0 Å². The third-order valence-electron chi connectivity index (χ3n) is 3.74. The zero-order chi connectivity index (χ0) is 15.0. The van der Waals surface area contributed by atoms with Crippen LogP contribution in [0.2, 0.25) is 0 Å². The lowest BCUT2D eigenvalue weighted by Gasteiger charge is -2.10. The van der Waals surface area contributed by atoms with Gasteiger partial charge in [0.05, 0.1) is 0 Å². The number of hydrogen-bond acceptors (Lipinski definition) is 2. The second-order valence-corrected chi connectivity index (χ2v) is 5.48. The first kappa shape index (κ1) is 13.8. The first-order valence-electron chi connectivity index (χ1n) is 6.96. The number of aliphatic hydroxyl groups excluding tert-OH is 1. The van der Waals surface area contributed by atoms with Crippen molar-refractivity contribution in [2.24, 2.45) is 0 Å². The highest BCUT2D eigenvalue weighted by atomic mass is 19.1. The Balaban J connectivity index is 1.89. The molecule has 108 valence electrons. The third-order valence-corrected chi connectivity index (χ3v) is 3.74. The summed E-state index contributed by atoms with van der Waals surface area (Å²) < 4.78 is 19.0. The van der Waals surface area contributed by atoms with Crippen LogP contribution < -0.4 is 0 Å². The largest absolute Gasteiger partial charge is 0.458 e. The van der Waals surface area contributed by atoms with Gasteiger partial charge in [0.1, 0.15) is 23.3 Å². The number of halogens is 1. The van der Waals surface area contributed by atoms with Gasteiger partial charge in [0, 0.05) is 11.8 Å². The number of furan rings is 1. The Hall–Kier alpha value is -2.13. The molecule has 1 N–H and O–H groups in total. The Morgan fingerprint density at radius 3 is 2.71 bits per heavy atom. The summed E-state index contributed by atoms with van der Waals surface area (Å²) in [6.45, 7) is 3.92. The summed E-state index contributed by atoms with van der Waals surface area (Å²) in [7, 11) is 0. The molecule has 1 aromatic heterocycles. The van der Waals surface area contributed by atoms with E-state index in [0.717, 1.165) is 27.7 Å². The van der Waals surface area contributed by atoms with Gasteiger partial charge in [-0.15, -0.1) is 0 Å². The summed E-state index contributed by atoms with van der Waals surface area (Å²) in [4.78, 5) is 0. The SMILES string of the molecule is Cc1ccc2oc(C(O)Cc3cc(F)ccc3C)cc2c1. The Morgan fingerprint density at radius 2 is 1.90 bits per heavy atom. The molecule has 0 spiro atoms. The predicted octanol–water partition coefficient (Wildman–Crippen LogP) is 4.46. The van der Waals surface area contributed by atoms with Crippen molar-refractivity contribution in [3.8, 4) is 0 Å². The van der Waals surface area contributed by atoms with Gasteiger partial charge in [-0.25, -0.2) is 4.39 Å². The molecular formula is C18H17FO2. The Labute approximate surface area is 122 Å². The van der Waals surface area contributed by atoms with Crippen LogP contribution in [0.4, 0.5) is 4.39 Å². The second kappa shape index (κ2) is 5.34. The molecule has 21 heavy (non-hydrogen) atoms. The quantitative estimate of drug-likeness (QED) is 0.770. The minimum Gasteiger partial charge on any atom is -0.458 e. The Bertz CT molecular complexity index is 789. The van der Waals surface area contributed by atoms with Gasteiger partial charge in [-0.3, -0.25) is 0 Å². The van der Waals surface area contributed by atoms with Gasteiger partial charge in [0.25, 0.3) is 0 Å². The van der Waals surface area contributed by atoms with Gasteiger partial charge >= 0.3 is 0 Å². The van der Waals surface area contributed by atoms with E-state index in [1.165, 1.54) is 12.1 Å². The van der Waals surface area contributed by atoms with Gasteiger partial charge < -0.3 is 9.52 Å². The molecule has 2 aromatic carbocycles. The lowest BCUT2D eigenvalue weighted by molar-refractivity contribution is 0.152. The van der Waals surface area contributed by atoms with Gasteiger partial charge in [0.15, 0.2) is 0 Å². The molecule has 0 saturated heterocycles. The van der Waals surface area contributed by atoms with Crippen molar-refractivity contribution >= 4 is 11.0 Å². The minimum absolute atomic E-state index is 0.289. The number of rotatable bonds is 3. The summed E-state index contributed by atoms with van der Waals surface area (Å²) in [6, 6.07) is 12.3. The van der Waals surface area contributed by atoms with E-state index in [2.05, 4.69) is 0 Å². The number of aliphatic hydroxyl groups is 1. The fourth-order valence-corrected chi connectivity index (χ4v) is 2.52. The second-order valence-electron chi connectivity index (χ2n) is 5.48. The first-order valence-corrected chi connectivity index (χ1v) is 6.96. The topological polar surface area (TPSA) is 33.4 Å². The molecule has 3 heteroatoms. The van der Waals surface area contributed by atoms with Crippen LogP contribution in [0, 0.1) is 19.7 Å². The van der Waals surface area contributed by atoms with E-state index in [1.54, 1.807) is 6.07 Å². The molecule has 0 saturated carbocycles. The molecule has 1 heterocycles. The van der Waals surface area contributed by atoms with E-state index in [4.69, 9.17) is 4.42 Å². The lowest BCUT2D eigenvalue weighted by Crippen LogP contribution is -2.02. The maximum absolute atomic E-state index is 13.3. The normalized spacial score (nSPS) is 12.8. The Morgan fingerprint density at radius 1 is 1.10 bits per heavy atom. The fraction of sp³-hybridized carbons (Fsp3) is 0.222. The van der Waals surface area contributed by atoms with Crippen molar-refractivity contribution < 1.29 is 13.9 Å². The van der Waals surface area contributed by atoms with Crippen LogP contribution in [0.15, 0.2) is 46.9 Å². The number of benzene rings is 2. The molecule has 0 fully saturated rings. The number of fused-ring (bicyclic) bond motifs is 1. The van der Waals surface area contributed by atoms with Gasteiger partial charge in [-0.2, -0.15) is 0 Å². The van der Waals surface area contributed by atoms with Crippen molar-refractivity contribution in [2.45, 2.75) is 26.4 Å². The van der Waals surface area contributed by atoms with Gasteiger partial charge in [-0.1, -0.05) is 17.7 Å². The lowest BCUT2D eigenvalue weighted by atomic mass is 10.0. The molecule has 0 amide bonds. The molecule has 0 aliphatic heterocycles. The first-order chi connectivity index (χ1) is 10.0. The molecule has 0 aliphatic carbocycles. The highest BCUT2D eigenvalue weighted by Gasteiger charge is 2.15. The molecule has 0 bridgehead atoms. The van der Waals surface area contributed by atoms with E-state index < -0.39 is 6.10 Å². The molecule has 3 rings (SSSR count). The van der Waals surface area contributed by atoms with Crippen LogP contribution in [-0.2, 0) is 6.42 Å². The van der Waals surface area contributed by atoms with Crippen LogP contribution in [0.25, 0.3) is 11.0 Å². The van der Waals surface area contributed by atoms with E-state index in [9.17, 15) is 9.50 Å². The molecule has 2 nitrogen and oxygen atoms in total. The van der Waals surface area contributed by atoms with Gasteiger partial charge in [-0.05, 0) is 55.3 Å². The molecule has 1 atom stereocenters. The van der Waals surface area contributed by atoms with E-state index in [1.807, 2.05) is 38.1 Å². The van der Waals surface area contributed by atoms with Crippen LogP contribution in [0.3, 0.4) is 0 Å². The van der Waals surface area contributed by atoms with Crippen molar-refractivity contribution in [3.05, 3.63) is 70.7 Å². The summed E-state index contributed by atoms with van der Waals surface area (Å²) in [5.74, 6) is 0.224. The standard InChI is InChI=1S/C18H17FO2/c1-11-3-6-17-14(7-11)10-18(21-17)16(20)9-13-8-15(19)5-4-12(13)2/h3-8,10,16,20H,9H2,1-2H3. The predicted molar refractivity (Wildman–Crippen MR) is 80.8 cm³/mol.